The molecule has 0 unspecified atom stereocenters. The first-order valence-electron chi connectivity index (χ1n) is 4.60. The van der Waals surface area contributed by atoms with Gasteiger partial charge in [-0.25, -0.2) is 9.59 Å². The van der Waals surface area contributed by atoms with Gasteiger partial charge in [0.25, 0.3) is 0 Å². The highest BCUT2D eigenvalue weighted by Gasteiger charge is 2.15. The summed E-state index contributed by atoms with van der Waals surface area (Å²) in [5.74, 6) is 0. The Morgan fingerprint density at radius 1 is 1.33 bits per heavy atom. The Labute approximate surface area is 85.2 Å². The lowest BCUT2D eigenvalue weighted by Gasteiger charge is -1.94. The molecule has 0 spiro atoms. The number of rotatable bonds is 1. The van der Waals surface area contributed by atoms with Crippen molar-refractivity contribution < 1.29 is 9.90 Å². The van der Waals surface area contributed by atoms with Crippen LogP contribution in [0, 0.1) is 0 Å². The number of aromatic nitrogens is 2. The molecule has 0 aliphatic rings. The topological polar surface area (TPSA) is 64.2 Å². The fourth-order valence-corrected chi connectivity index (χ4v) is 1.70. The fraction of sp³-hybridized carbons (Fsp3) is 0.200. The van der Waals surface area contributed by atoms with Crippen LogP contribution < -0.4 is 5.69 Å². The summed E-state index contributed by atoms with van der Waals surface area (Å²) in [6.07, 6.45) is -1.25. The van der Waals surface area contributed by atoms with Crippen LogP contribution >= 0.6 is 0 Å². The van der Waals surface area contributed by atoms with Crippen molar-refractivity contribution in [3.8, 4) is 0 Å². The summed E-state index contributed by atoms with van der Waals surface area (Å²) in [7, 11) is 0. The first kappa shape index (κ1) is 9.51. The fourth-order valence-electron chi connectivity index (χ4n) is 1.70. The van der Waals surface area contributed by atoms with E-state index in [0.717, 1.165) is 4.57 Å². The van der Waals surface area contributed by atoms with Gasteiger partial charge < -0.3 is 5.11 Å². The van der Waals surface area contributed by atoms with E-state index in [9.17, 15) is 9.59 Å². The van der Waals surface area contributed by atoms with E-state index in [0.29, 0.717) is 17.6 Å². The van der Waals surface area contributed by atoms with E-state index >= 15 is 0 Å². The lowest BCUT2D eigenvalue weighted by atomic mass is 10.3. The molecule has 1 aromatic carbocycles. The second kappa shape index (κ2) is 3.27. The molecule has 78 valence electrons. The summed E-state index contributed by atoms with van der Waals surface area (Å²) < 4.78 is 2.20. The molecule has 2 rings (SSSR count). The molecule has 0 atom stereocenters. The number of carbonyl (C=O) groups is 1. The highest BCUT2D eigenvalue weighted by Crippen LogP contribution is 2.11. The van der Waals surface area contributed by atoms with E-state index in [1.165, 1.54) is 4.57 Å². The molecular weight excluding hydrogens is 196 g/mol. The van der Waals surface area contributed by atoms with E-state index in [1.807, 2.05) is 0 Å². The van der Waals surface area contributed by atoms with Crippen LogP contribution in [0.2, 0.25) is 0 Å². The first-order chi connectivity index (χ1) is 7.16. The third kappa shape index (κ3) is 1.24. The molecule has 0 saturated heterocycles. The minimum absolute atomic E-state index is 0.428. The van der Waals surface area contributed by atoms with Crippen molar-refractivity contribution in [2.75, 3.05) is 0 Å². The molecule has 0 radical (unpaired) electrons. The van der Waals surface area contributed by atoms with Gasteiger partial charge in [-0.1, -0.05) is 12.1 Å². The van der Waals surface area contributed by atoms with Gasteiger partial charge in [0.1, 0.15) is 0 Å². The lowest BCUT2D eigenvalue weighted by Crippen LogP contribution is -2.27. The normalized spacial score (nSPS) is 10.7. The van der Waals surface area contributed by atoms with Crippen LogP contribution in [-0.2, 0) is 6.54 Å². The van der Waals surface area contributed by atoms with Gasteiger partial charge >= 0.3 is 11.8 Å². The SMILES string of the molecule is CCn1c(=O)n(C(=O)O)c2ccccc21. The molecule has 1 aromatic heterocycles. The van der Waals surface area contributed by atoms with Crippen LogP contribution in [0.25, 0.3) is 11.0 Å². The Bertz CT molecular complexity index is 580. The lowest BCUT2D eigenvalue weighted by molar-refractivity contribution is 0.196. The quantitative estimate of drug-likeness (QED) is 0.765. The van der Waals surface area contributed by atoms with Gasteiger partial charge in [-0.2, -0.15) is 4.57 Å². The van der Waals surface area contributed by atoms with Crippen molar-refractivity contribution in [1.82, 2.24) is 9.13 Å². The number of fused-ring (bicyclic) bond motifs is 1. The molecule has 0 bridgehead atoms. The molecule has 2 aromatic rings. The maximum absolute atomic E-state index is 11.7. The van der Waals surface area contributed by atoms with Crippen molar-refractivity contribution in [1.29, 1.82) is 0 Å². The maximum atomic E-state index is 11.7. The highest BCUT2D eigenvalue weighted by atomic mass is 16.4. The second-order valence-electron chi connectivity index (χ2n) is 3.13. The first-order valence-corrected chi connectivity index (χ1v) is 4.60. The van der Waals surface area contributed by atoms with Crippen molar-refractivity contribution in [3.63, 3.8) is 0 Å². The van der Waals surface area contributed by atoms with Crippen molar-refractivity contribution in [3.05, 3.63) is 34.7 Å². The second-order valence-corrected chi connectivity index (χ2v) is 3.13. The molecule has 5 nitrogen and oxygen atoms in total. The molecule has 0 amide bonds. The Balaban J connectivity index is 2.98. The third-order valence-corrected chi connectivity index (χ3v) is 2.34. The van der Waals surface area contributed by atoms with Crippen LogP contribution in [-0.4, -0.2) is 20.3 Å². The summed E-state index contributed by atoms with van der Waals surface area (Å²) in [5.41, 5.74) is 0.565. The number of hydrogen-bond donors (Lipinski definition) is 1. The third-order valence-electron chi connectivity index (χ3n) is 2.34. The Hall–Kier alpha value is -2.04. The predicted molar refractivity (Wildman–Crippen MR) is 55.3 cm³/mol. The average Bonchev–Trinajstić information content (AvgIpc) is 2.49. The van der Waals surface area contributed by atoms with Gasteiger partial charge in [0, 0.05) is 6.54 Å². The molecule has 0 aliphatic heterocycles. The van der Waals surface area contributed by atoms with Gasteiger partial charge in [0.2, 0.25) is 0 Å². The van der Waals surface area contributed by atoms with Gasteiger partial charge in [-0.15, -0.1) is 0 Å². The number of aryl methyl sites for hydroxylation is 1. The van der Waals surface area contributed by atoms with Gasteiger partial charge in [0.15, 0.2) is 0 Å². The molecule has 1 N–H and O–H groups in total. The van der Waals surface area contributed by atoms with Crippen LogP contribution in [0.5, 0.6) is 0 Å². The zero-order valence-corrected chi connectivity index (χ0v) is 8.17. The summed E-state index contributed by atoms with van der Waals surface area (Å²) in [6, 6.07) is 6.85. The molecule has 0 aliphatic carbocycles. The van der Waals surface area contributed by atoms with E-state index in [2.05, 4.69) is 0 Å². The minimum Gasteiger partial charge on any atom is -0.464 e. The molecule has 5 heteroatoms. The van der Waals surface area contributed by atoms with E-state index in [4.69, 9.17) is 5.11 Å². The van der Waals surface area contributed by atoms with Gasteiger partial charge in [-0.05, 0) is 19.1 Å². The van der Waals surface area contributed by atoms with Crippen molar-refractivity contribution >= 4 is 17.1 Å². The van der Waals surface area contributed by atoms with E-state index in [1.54, 1.807) is 31.2 Å². The van der Waals surface area contributed by atoms with Crippen LogP contribution in [0.1, 0.15) is 6.92 Å². The predicted octanol–water partition coefficient (Wildman–Crippen LogP) is 1.35. The zero-order chi connectivity index (χ0) is 11.0. The monoisotopic (exact) mass is 206 g/mol. The largest absolute Gasteiger partial charge is 0.464 e. The number of imidazole rings is 1. The summed E-state index contributed by atoms with van der Waals surface area (Å²) in [4.78, 5) is 22.6. The Morgan fingerprint density at radius 2 is 1.93 bits per heavy atom. The van der Waals surface area contributed by atoms with Gasteiger partial charge in [-0.3, -0.25) is 4.57 Å². The molecule has 0 saturated carbocycles. The molecule has 1 heterocycles. The standard InChI is InChI=1S/C10H10N2O3/c1-2-11-7-5-3-4-6-8(7)12(9(11)13)10(14)15/h3-6H,2H2,1H3,(H,14,15). The summed E-state index contributed by atoms with van der Waals surface area (Å²) >= 11 is 0. The van der Waals surface area contributed by atoms with Crippen LogP contribution in [0.3, 0.4) is 0 Å². The highest BCUT2D eigenvalue weighted by molar-refractivity contribution is 5.85. The average molecular weight is 206 g/mol. The number of benzene rings is 1. The number of carboxylic acid groups (broad SMARTS) is 1. The van der Waals surface area contributed by atoms with E-state index in [-0.39, 0.29) is 0 Å². The number of nitrogens with zero attached hydrogens (tertiary/aromatic N) is 2. The minimum atomic E-state index is -1.25. The molecule has 15 heavy (non-hydrogen) atoms. The van der Waals surface area contributed by atoms with Crippen LogP contribution in [0.4, 0.5) is 4.79 Å². The summed E-state index contributed by atoms with van der Waals surface area (Å²) in [5, 5.41) is 8.92. The molecular formula is C10H10N2O3. The smallest absolute Gasteiger partial charge is 0.420 e. The van der Waals surface area contributed by atoms with Crippen molar-refractivity contribution in [2.45, 2.75) is 13.5 Å². The van der Waals surface area contributed by atoms with Crippen molar-refractivity contribution in [2.24, 2.45) is 0 Å². The Morgan fingerprint density at radius 3 is 2.47 bits per heavy atom. The summed E-state index contributed by atoms with van der Waals surface area (Å²) in [6.45, 7) is 2.26. The number of hydrogen-bond acceptors (Lipinski definition) is 2. The zero-order valence-electron chi connectivity index (χ0n) is 8.17. The molecule has 0 fully saturated rings. The number of para-hydroxylation sites is 2. The van der Waals surface area contributed by atoms with Crippen LogP contribution in [0.15, 0.2) is 29.1 Å². The van der Waals surface area contributed by atoms with Gasteiger partial charge in [0.05, 0.1) is 11.0 Å². The van der Waals surface area contributed by atoms with E-state index < -0.39 is 11.8 Å². The Kier molecular flexibility index (Phi) is 2.07. The maximum Gasteiger partial charge on any atom is 0.420 e.